The quantitative estimate of drug-likeness (QED) is 0.477. The third-order valence-corrected chi connectivity index (χ3v) is 6.09. The molecular weight excluding hydrogens is 496 g/mol. The van der Waals surface area contributed by atoms with E-state index in [1.807, 2.05) is 6.07 Å². The first-order valence-electron chi connectivity index (χ1n) is 9.53. The molecule has 0 fully saturated rings. The lowest BCUT2D eigenvalue weighted by Crippen LogP contribution is -2.37. The van der Waals surface area contributed by atoms with Crippen LogP contribution in [0.3, 0.4) is 0 Å². The predicted octanol–water partition coefficient (Wildman–Crippen LogP) is 3.18. The summed E-state index contributed by atoms with van der Waals surface area (Å²) >= 11 is 3.30. The van der Waals surface area contributed by atoms with Crippen molar-refractivity contribution < 1.29 is 18.0 Å². The second-order valence-electron chi connectivity index (χ2n) is 6.88. The second kappa shape index (κ2) is 10.4. The molecule has 0 aliphatic rings. The largest absolute Gasteiger partial charge is 0.348 e. The van der Waals surface area contributed by atoms with Gasteiger partial charge in [0.15, 0.2) is 0 Å². The van der Waals surface area contributed by atoms with E-state index in [4.69, 9.17) is 0 Å². The van der Waals surface area contributed by atoms with Gasteiger partial charge >= 0.3 is 0 Å². The molecule has 8 nitrogen and oxygen atoms in total. The van der Waals surface area contributed by atoms with E-state index in [1.54, 1.807) is 67.0 Å². The highest BCUT2D eigenvalue weighted by molar-refractivity contribution is 9.10. The maximum Gasteiger partial charge on any atom is 0.253 e. The molecule has 0 bridgehead atoms. The van der Waals surface area contributed by atoms with Crippen molar-refractivity contribution in [3.63, 3.8) is 0 Å². The number of nitrogens with zero attached hydrogens (tertiary/aromatic N) is 2. The Morgan fingerprint density at radius 1 is 1.03 bits per heavy atom. The fourth-order valence-electron chi connectivity index (χ4n) is 2.90. The van der Waals surface area contributed by atoms with E-state index in [0.717, 1.165) is 20.6 Å². The molecule has 2 N–H and O–H groups in total. The van der Waals surface area contributed by atoms with Crippen LogP contribution in [0.2, 0.25) is 0 Å². The fourth-order valence-corrected chi connectivity index (χ4v) is 4.02. The molecule has 1 heterocycles. The van der Waals surface area contributed by atoms with Crippen molar-refractivity contribution >= 4 is 49.1 Å². The normalized spacial score (nSPS) is 10.9. The number of pyridine rings is 1. The average molecular weight is 517 g/mol. The number of anilines is 2. The zero-order valence-corrected chi connectivity index (χ0v) is 19.6. The first-order chi connectivity index (χ1) is 15.2. The zero-order chi connectivity index (χ0) is 23.1. The van der Waals surface area contributed by atoms with Gasteiger partial charge in [-0.05, 0) is 48.0 Å². The third-order valence-electron chi connectivity index (χ3n) is 4.42. The maximum atomic E-state index is 12.7. The van der Waals surface area contributed by atoms with Crippen LogP contribution < -0.4 is 14.9 Å². The van der Waals surface area contributed by atoms with Gasteiger partial charge in [0.1, 0.15) is 6.54 Å². The number of aromatic nitrogens is 1. The Hall–Kier alpha value is -3.24. The predicted molar refractivity (Wildman–Crippen MR) is 127 cm³/mol. The topological polar surface area (TPSA) is 108 Å². The number of nitrogens with one attached hydrogen (secondary N) is 2. The lowest BCUT2D eigenvalue weighted by molar-refractivity contribution is -0.114. The lowest BCUT2D eigenvalue weighted by Gasteiger charge is -2.22. The molecule has 2 aromatic carbocycles. The number of carbonyl (C=O) groups excluding carboxylic acids is 2. The average Bonchev–Trinajstić information content (AvgIpc) is 2.77. The van der Waals surface area contributed by atoms with Gasteiger partial charge in [-0.1, -0.05) is 34.1 Å². The van der Waals surface area contributed by atoms with E-state index >= 15 is 0 Å². The van der Waals surface area contributed by atoms with Gasteiger partial charge < -0.3 is 10.6 Å². The van der Waals surface area contributed by atoms with E-state index in [2.05, 4.69) is 31.5 Å². The minimum absolute atomic E-state index is 0.263. The summed E-state index contributed by atoms with van der Waals surface area (Å²) in [4.78, 5) is 29.4. The van der Waals surface area contributed by atoms with Gasteiger partial charge in [0.05, 0.1) is 23.2 Å². The molecule has 0 aliphatic heterocycles. The highest BCUT2D eigenvalue weighted by Gasteiger charge is 2.22. The van der Waals surface area contributed by atoms with Gasteiger partial charge in [-0.2, -0.15) is 0 Å². The Morgan fingerprint density at radius 3 is 2.41 bits per heavy atom. The molecule has 0 saturated heterocycles. The summed E-state index contributed by atoms with van der Waals surface area (Å²) in [6.07, 6.45) is 4.32. The van der Waals surface area contributed by atoms with Crippen molar-refractivity contribution in [3.05, 3.63) is 88.7 Å². The lowest BCUT2D eigenvalue weighted by atomic mass is 10.1. The van der Waals surface area contributed by atoms with Gasteiger partial charge in [-0.3, -0.25) is 18.9 Å². The Morgan fingerprint density at radius 2 is 1.75 bits per heavy atom. The zero-order valence-electron chi connectivity index (χ0n) is 17.2. The second-order valence-corrected chi connectivity index (χ2v) is 9.71. The SMILES string of the molecule is CS(=O)(=O)N(CC(=O)Nc1ccccc1C(=O)NCc1cccnc1)c1ccc(Br)cc1. The molecule has 3 aromatic rings. The Balaban J connectivity index is 1.73. The van der Waals surface area contributed by atoms with Crippen LogP contribution in [-0.4, -0.2) is 38.0 Å². The standard InChI is InChI=1S/C22H21BrN4O4S/c1-32(30,31)27(18-10-8-17(23)9-11-18)15-21(28)26-20-7-3-2-6-19(20)22(29)25-14-16-5-4-12-24-13-16/h2-13H,14-15H2,1H3,(H,25,29)(H,26,28). The number of benzene rings is 2. The van der Waals surface area contributed by atoms with Crippen molar-refractivity contribution in [1.82, 2.24) is 10.3 Å². The summed E-state index contributed by atoms with van der Waals surface area (Å²) in [5.41, 5.74) is 1.73. The van der Waals surface area contributed by atoms with Crippen molar-refractivity contribution in [3.8, 4) is 0 Å². The molecule has 0 spiro atoms. The van der Waals surface area contributed by atoms with Crippen molar-refractivity contribution in [2.45, 2.75) is 6.54 Å². The molecule has 0 unspecified atom stereocenters. The van der Waals surface area contributed by atoms with Crippen LogP contribution in [0.25, 0.3) is 0 Å². The van der Waals surface area contributed by atoms with Gasteiger partial charge in [0.25, 0.3) is 5.91 Å². The minimum Gasteiger partial charge on any atom is -0.348 e. The Labute approximate surface area is 194 Å². The number of para-hydroxylation sites is 1. The van der Waals surface area contributed by atoms with Crippen LogP contribution in [0.4, 0.5) is 11.4 Å². The van der Waals surface area contributed by atoms with Crippen molar-refractivity contribution in [2.24, 2.45) is 0 Å². The fraction of sp³-hybridized carbons (Fsp3) is 0.136. The number of sulfonamides is 1. The summed E-state index contributed by atoms with van der Waals surface area (Å²) in [5.74, 6) is -0.955. The van der Waals surface area contributed by atoms with Crippen molar-refractivity contribution in [1.29, 1.82) is 0 Å². The number of halogens is 1. The first-order valence-corrected chi connectivity index (χ1v) is 12.2. The van der Waals surface area contributed by atoms with Crippen LogP contribution in [0.5, 0.6) is 0 Å². The number of hydrogen-bond donors (Lipinski definition) is 2. The van der Waals surface area contributed by atoms with Crippen LogP contribution in [0.1, 0.15) is 15.9 Å². The van der Waals surface area contributed by atoms with E-state index < -0.39 is 22.5 Å². The number of amides is 2. The van der Waals surface area contributed by atoms with E-state index in [1.165, 1.54) is 0 Å². The van der Waals surface area contributed by atoms with E-state index in [-0.39, 0.29) is 23.7 Å². The molecule has 1 aromatic heterocycles. The Bertz CT molecular complexity index is 1200. The van der Waals surface area contributed by atoms with Gasteiger partial charge in [-0.25, -0.2) is 8.42 Å². The Kier molecular flexibility index (Phi) is 7.60. The molecule has 0 saturated carbocycles. The van der Waals surface area contributed by atoms with Crippen LogP contribution in [0, 0.1) is 0 Å². The van der Waals surface area contributed by atoms with Crippen LogP contribution in [-0.2, 0) is 21.4 Å². The molecule has 166 valence electrons. The number of carbonyl (C=O) groups is 2. The summed E-state index contributed by atoms with van der Waals surface area (Å²) in [6.45, 7) is -0.160. The molecule has 3 rings (SSSR count). The van der Waals surface area contributed by atoms with Gasteiger partial charge in [0, 0.05) is 23.4 Å². The molecule has 2 amide bonds. The minimum atomic E-state index is -3.71. The molecule has 0 radical (unpaired) electrons. The monoisotopic (exact) mass is 516 g/mol. The number of hydrogen-bond acceptors (Lipinski definition) is 5. The van der Waals surface area contributed by atoms with E-state index in [9.17, 15) is 18.0 Å². The van der Waals surface area contributed by atoms with Crippen molar-refractivity contribution in [2.75, 3.05) is 22.4 Å². The molecule has 32 heavy (non-hydrogen) atoms. The first kappa shape index (κ1) is 23.4. The highest BCUT2D eigenvalue weighted by Crippen LogP contribution is 2.21. The third kappa shape index (κ3) is 6.38. The smallest absolute Gasteiger partial charge is 0.253 e. The van der Waals surface area contributed by atoms with Gasteiger partial charge in [-0.15, -0.1) is 0 Å². The highest BCUT2D eigenvalue weighted by atomic mass is 79.9. The summed E-state index contributed by atoms with van der Waals surface area (Å²) in [6, 6.07) is 16.7. The summed E-state index contributed by atoms with van der Waals surface area (Å²) in [7, 11) is -3.71. The van der Waals surface area contributed by atoms with Crippen LogP contribution >= 0.6 is 15.9 Å². The van der Waals surface area contributed by atoms with E-state index in [0.29, 0.717) is 5.69 Å². The maximum absolute atomic E-state index is 12.7. The van der Waals surface area contributed by atoms with Crippen LogP contribution in [0.15, 0.2) is 77.5 Å². The number of rotatable bonds is 8. The van der Waals surface area contributed by atoms with Gasteiger partial charge in [0.2, 0.25) is 15.9 Å². The summed E-state index contributed by atoms with van der Waals surface area (Å²) < 4.78 is 26.3. The molecule has 10 heteroatoms. The molecule has 0 atom stereocenters. The summed E-state index contributed by atoms with van der Waals surface area (Å²) in [5, 5.41) is 5.43. The molecule has 0 aliphatic carbocycles. The molecular formula is C22H21BrN4O4S.